The molecule has 0 radical (unpaired) electrons. The first-order valence-corrected chi connectivity index (χ1v) is 6.66. The highest BCUT2D eigenvalue weighted by molar-refractivity contribution is 6.30. The van der Waals surface area contributed by atoms with Gasteiger partial charge in [-0.2, -0.15) is 0 Å². The summed E-state index contributed by atoms with van der Waals surface area (Å²) < 4.78 is 1.96. The Balaban J connectivity index is 2.10. The zero-order valence-electron chi connectivity index (χ0n) is 10.4. The average Bonchev–Trinajstić information content (AvgIpc) is 2.70. The van der Waals surface area contributed by atoms with Gasteiger partial charge >= 0.3 is 0 Å². The first-order valence-electron chi connectivity index (χ1n) is 5.91. The Morgan fingerprint density at radius 2 is 1.78 bits per heavy atom. The molecule has 0 N–H and O–H groups in total. The largest absolute Gasteiger partial charge is 0.301 e. The minimum atomic E-state index is 0.315. The zero-order chi connectivity index (χ0) is 13.1. The Hall–Kier alpha value is -1.06. The number of aromatic nitrogens is 3. The molecule has 0 fully saturated rings. The fraction of sp³-hybridized carbons (Fsp3) is 0.385. The maximum Gasteiger partial charge on any atom is 0.225 e. The van der Waals surface area contributed by atoms with Crippen LogP contribution in [-0.2, 0) is 13.0 Å². The van der Waals surface area contributed by atoms with Crippen molar-refractivity contribution >= 4 is 23.2 Å². The standard InChI is InChI=1S/C13H15Cl2N3/c1-9(2)12-16-17-13(15)18(12)8-7-10-3-5-11(14)6-4-10/h3-6,9H,7-8H2,1-2H3. The maximum absolute atomic E-state index is 6.05. The Morgan fingerprint density at radius 3 is 2.39 bits per heavy atom. The lowest BCUT2D eigenvalue weighted by atomic mass is 10.1. The van der Waals surface area contributed by atoms with Gasteiger partial charge in [-0.05, 0) is 35.7 Å². The minimum absolute atomic E-state index is 0.315. The van der Waals surface area contributed by atoms with Gasteiger partial charge in [0.1, 0.15) is 5.82 Å². The highest BCUT2D eigenvalue weighted by Gasteiger charge is 2.12. The second-order valence-corrected chi connectivity index (χ2v) is 5.28. The minimum Gasteiger partial charge on any atom is -0.301 e. The van der Waals surface area contributed by atoms with Gasteiger partial charge in [-0.25, -0.2) is 0 Å². The van der Waals surface area contributed by atoms with Gasteiger partial charge in [-0.15, -0.1) is 10.2 Å². The number of hydrogen-bond donors (Lipinski definition) is 0. The first-order chi connectivity index (χ1) is 8.58. The smallest absolute Gasteiger partial charge is 0.225 e. The molecule has 0 aliphatic heterocycles. The summed E-state index contributed by atoms with van der Waals surface area (Å²) in [5.74, 6) is 1.24. The summed E-state index contributed by atoms with van der Waals surface area (Å²) >= 11 is 11.9. The van der Waals surface area contributed by atoms with Gasteiger partial charge in [-0.3, -0.25) is 0 Å². The van der Waals surface area contributed by atoms with Crippen LogP contribution >= 0.6 is 23.2 Å². The van der Waals surface area contributed by atoms with Gasteiger partial charge in [0, 0.05) is 17.5 Å². The van der Waals surface area contributed by atoms with Crippen molar-refractivity contribution in [3.05, 3.63) is 46.0 Å². The molecule has 1 heterocycles. The lowest BCUT2D eigenvalue weighted by Crippen LogP contribution is -2.07. The van der Waals surface area contributed by atoms with Crippen LogP contribution in [-0.4, -0.2) is 14.8 Å². The van der Waals surface area contributed by atoms with Crippen LogP contribution in [0.15, 0.2) is 24.3 Å². The molecule has 96 valence electrons. The maximum atomic E-state index is 6.05. The number of halogens is 2. The highest BCUT2D eigenvalue weighted by atomic mass is 35.5. The summed E-state index contributed by atoms with van der Waals surface area (Å²) in [5.41, 5.74) is 1.22. The van der Waals surface area contributed by atoms with Gasteiger partial charge in [0.05, 0.1) is 0 Å². The van der Waals surface area contributed by atoms with Crippen LogP contribution in [0.1, 0.15) is 31.2 Å². The summed E-state index contributed by atoms with van der Waals surface area (Å²) in [4.78, 5) is 0. The van der Waals surface area contributed by atoms with E-state index >= 15 is 0 Å². The van der Waals surface area contributed by atoms with Crippen LogP contribution in [0.2, 0.25) is 10.3 Å². The molecule has 0 amide bonds. The topological polar surface area (TPSA) is 30.7 Å². The normalized spacial score (nSPS) is 11.2. The molecule has 1 aromatic heterocycles. The van der Waals surface area contributed by atoms with Crippen LogP contribution < -0.4 is 0 Å². The summed E-state index contributed by atoms with van der Waals surface area (Å²) in [6.07, 6.45) is 0.884. The van der Waals surface area contributed by atoms with E-state index in [-0.39, 0.29) is 0 Å². The van der Waals surface area contributed by atoms with Gasteiger partial charge in [-0.1, -0.05) is 37.6 Å². The molecular weight excluding hydrogens is 269 g/mol. The Labute approximate surface area is 117 Å². The fourth-order valence-corrected chi connectivity index (χ4v) is 2.16. The second-order valence-electron chi connectivity index (χ2n) is 4.51. The van der Waals surface area contributed by atoms with E-state index in [2.05, 4.69) is 24.0 Å². The van der Waals surface area contributed by atoms with Crippen molar-refractivity contribution < 1.29 is 0 Å². The average molecular weight is 284 g/mol. The number of aryl methyl sites for hydroxylation is 1. The van der Waals surface area contributed by atoms with Gasteiger partial charge in [0.2, 0.25) is 5.28 Å². The van der Waals surface area contributed by atoms with Crippen molar-refractivity contribution in [1.29, 1.82) is 0 Å². The van der Waals surface area contributed by atoms with E-state index in [4.69, 9.17) is 23.2 Å². The quantitative estimate of drug-likeness (QED) is 0.851. The lowest BCUT2D eigenvalue weighted by Gasteiger charge is -2.09. The molecular formula is C13H15Cl2N3. The Kier molecular flexibility index (Phi) is 4.25. The molecule has 2 aromatic rings. The van der Waals surface area contributed by atoms with E-state index < -0.39 is 0 Å². The molecule has 0 saturated carbocycles. The van der Waals surface area contributed by atoms with Gasteiger partial charge in [0.15, 0.2) is 0 Å². The zero-order valence-corrected chi connectivity index (χ0v) is 11.9. The molecule has 0 spiro atoms. The fourth-order valence-electron chi connectivity index (χ4n) is 1.82. The molecule has 3 nitrogen and oxygen atoms in total. The molecule has 1 aromatic carbocycles. The predicted molar refractivity (Wildman–Crippen MR) is 74.3 cm³/mol. The SMILES string of the molecule is CC(C)c1nnc(Cl)n1CCc1ccc(Cl)cc1. The van der Waals surface area contributed by atoms with E-state index in [0.29, 0.717) is 11.2 Å². The highest BCUT2D eigenvalue weighted by Crippen LogP contribution is 2.18. The van der Waals surface area contributed by atoms with Crippen molar-refractivity contribution in [2.24, 2.45) is 0 Å². The Morgan fingerprint density at radius 1 is 1.11 bits per heavy atom. The van der Waals surface area contributed by atoms with Crippen LogP contribution in [0.4, 0.5) is 0 Å². The van der Waals surface area contributed by atoms with Crippen LogP contribution in [0.3, 0.4) is 0 Å². The molecule has 2 rings (SSSR count). The third-order valence-corrected chi connectivity index (χ3v) is 3.32. The van der Waals surface area contributed by atoms with E-state index in [1.807, 2.05) is 28.8 Å². The van der Waals surface area contributed by atoms with Crippen molar-refractivity contribution in [3.63, 3.8) is 0 Å². The number of hydrogen-bond acceptors (Lipinski definition) is 2. The Bertz CT molecular complexity index is 518. The third-order valence-electron chi connectivity index (χ3n) is 2.79. The van der Waals surface area contributed by atoms with Gasteiger partial charge in [0.25, 0.3) is 0 Å². The van der Waals surface area contributed by atoms with Crippen molar-refractivity contribution in [2.75, 3.05) is 0 Å². The van der Waals surface area contributed by atoms with E-state index in [9.17, 15) is 0 Å². The molecule has 0 unspecified atom stereocenters. The van der Waals surface area contributed by atoms with Crippen molar-refractivity contribution in [2.45, 2.75) is 32.7 Å². The summed E-state index contributed by atoms with van der Waals surface area (Å²) in [5, 5.41) is 9.23. The molecule has 5 heteroatoms. The van der Waals surface area contributed by atoms with Crippen LogP contribution in [0.5, 0.6) is 0 Å². The van der Waals surface area contributed by atoms with E-state index in [0.717, 1.165) is 23.8 Å². The molecule has 0 bridgehead atoms. The van der Waals surface area contributed by atoms with Crippen LogP contribution in [0, 0.1) is 0 Å². The number of nitrogens with zero attached hydrogens (tertiary/aromatic N) is 3. The molecule has 0 aliphatic rings. The van der Waals surface area contributed by atoms with Gasteiger partial charge < -0.3 is 4.57 Å². The summed E-state index contributed by atoms with van der Waals surface area (Å²) in [6.45, 7) is 4.94. The first kappa shape index (κ1) is 13.4. The lowest BCUT2D eigenvalue weighted by molar-refractivity contribution is 0.620. The summed E-state index contributed by atoms with van der Waals surface area (Å²) in [6, 6.07) is 7.84. The number of benzene rings is 1. The van der Waals surface area contributed by atoms with Crippen molar-refractivity contribution in [3.8, 4) is 0 Å². The molecule has 0 atom stereocenters. The predicted octanol–water partition coefficient (Wildman–Crippen LogP) is 3.95. The third kappa shape index (κ3) is 3.03. The number of rotatable bonds is 4. The molecule has 18 heavy (non-hydrogen) atoms. The summed E-state index contributed by atoms with van der Waals surface area (Å²) in [7, 11) is 0. The van der Waals surface area contributed by atoms with Crippen molar-refractivity contribution in [1.82, 2.24) is 14.8 Å². The van der Waals surface area contributed by atoms with Crippen LogP contribution in [0.25, 0.3) is 0 Å². The molecule has 0 aliphatic carbocycles. The molecule has 0 saturated heterocycles. The second kappa shape index (κ2) is 5.72. The van der Waals surface area contributed by atoms with E-state index in [1.54, 1.807) is 0 Å². The van der Waals surface area contributed by atoms with E-state index in [1.165, 1.54) is 5.56 Å². The monoisotopic (exact) mass is 283 g/mol.